The Balaban J connectivity index is 2.37. The fraction of sp³-hybridized carbons (Fsp3) is 0.375. The average molecular weight is 316 g/mol. The van der Waals surface area contributed by atoms with Crippen molar-refractivity contribution in [2.24, 2.45) is 0 Å². The van der Waals surface area contributed by atoms with Crippen molar-refractivity contribution in [2.45, 2.75) is 26.7 Å². The van der Waals surface area contributed by atoms with E-state index < -0.39 is 5.97 Å². The molecular weight excluding hydrogens is 296 g/mol. The first kappa shape index (κ1) is 16.7. The van der Waals surface area contributed by atoms with Gasteiger partial charge in [0, 0.05) is 12.7 Å². The third-order valence-electron chi connectivity index (χ3n) is 3.41. The number of rotatable bonds is 7. The molecule has 23 heavy (non-hydrogen) atoms. The lowest BCUT2D eigenvalue weighted by Gasteiger charge is -2.20. The van der Waals surface area contributed by atoms with Crippen LogP contribution in [-0.2, 0) is 11.2 Å². The van der Waals surface area contributed by atoms with Crippen LogP contribution in [0.25, 0.3) is 5.82 Å². The summed E-state index contributed by atoms with van der Waals surface area (Å²) < 4.78 is 1.62. The first-order valence-corrected chi connectivity index (χ1v) is 7.57. The fourth-order valence-corrected chi connectivity index (χ4v) is 2.43. The van der Waals surface area contributed by atoms with Gasteiger partial charge in [-0.25, -0.2) is 9.67 Å². The van der Waals surface area contributed by atoms with Crippen LogP contribution in [0.3, 0.4) is 0 Å². The number of amides is 1. The highest BCUT2D eigenvalue weighted by atomic mass is 16.4. The van der Waals surface area contributed by atoms with Crippen molar-refractivity contribution in [1.82, 2.24) is 19.7 Å². The lowest BCUT2D eigenvalue weighted by atomic mass is 10.1. The predicted molar refractivity (Wildman–Crippen MR) is 84.6 cm³/mol. The van der Waals surface area contributed by atoms with Gasteiger partial charge in [-0.2, -0.15) is 5.10 Å². The molecule has 0 aromatic carbocycles. The summed E-state index contributed by atoms with van der Waals surface area (Å²) in [5.41, 5.74) is 1.15. The summed E-state index contributed by atoms with van der Waals surface area (Å²) in [5.74, 6) is -0.709. The van der Waals surface area contributed by atoms with Crippen molar-refractivity contribution in [2.75, 3.05) is 13.1 Å². The van der Waals surface area contributed by atoms with Gasteiger partial charge < -0.3 is 10.0 Å². The smallest absolute Gasteiger partial charge is 0.323 e. The maximum absolute atomic E-state index is 12.7. The van der Waals surface area contributed by atoms with E-state index in [1.165, 1.54) is 11.1 Å². The standard InChI is InChI=1S/C16H20N4O3/c1-3-9-19(11-15(21)22)16(23)12-10-18-20(13(12)4-2)14-7-5-6-8-17-14/h5-8,10H,3-4,9,11H2,1-2H3,(H,21,22). The summed E-state index contributed by atoms with van der Waals surface area (Å²) in [6.07, 6.45) is 4.42. The van der Waals surface area contributed by atoms with Gasteiger partial charge in [-0.1, -0.05) is 19.9 Å². The van der Waals surface area contributed by atoms with Gasteiger partial charge >= 0.3 is 5.97 Å². The Hall–Kier alpha value is -2.70. The highest BCUT2D eigenvalue weighted by Crippen LogP contribution is 2.16. The summed E-state index contributed by atoms with van der Waals surface area (Å²) in [6.45, 7) is 3.91. The number of aliphatic carboxylic acids is 1. The largest absolute Gasteiger partial charge is 0.480 e. The van der Waals surface area contributed by atoms with Crippen LogP contribution in [-0.4, -0.2) is 49.7 Å². The number of aromatic nitrogens is 3. The first-order chi connectivity index (χ1) is 11.1. The van der Waals surface area contributed by atoms with Crippen LogP contribution < -0.4 is 0 Å². The molecule has 0 spiro atoms. The minimum absolute atomic E-state index is 0.312. The average Bonchev–Trinajstić information content (AvgIpc) is 2.98. The fourth-order valence-electron chi connectivity index (χ4n) is 2.43. The van der Waals surface area contributed by atoms with Crippen LogP contribution >= 0.6 is 0 Å². The molecule has 0 aliphatic heterocycles. The van der Waals surface area contributed by atoms with Gasteiger partial charge in [-0.15, -0.1) is 0 Å². The van der Waals surface area contributed by atoms with Crippen molar-refractivity contribution in [3.8, 4) is 5.82 Å². The molecule has 0 saturated heterocycles. The van der Waals surface area contributed by atoms with Gasteiger partial charge in [0.05, 0.1) is 17.5 Å². The Bertz CT molecular complexity index is 682. The molecule has 0 fully saturated rings. The Morgan fingerprint density at radius 3 is 2.65 bits per heavy atom. The van der Waals surface area contributed by atoms with Crippen LogP contribution in [0.2, 0.25) is 0 Å². The second kappa shape index (κ2) is 7.53. The monoisotopic (exact) mass is 316 g/mol. The first-order valence-electron chi connectivity index (χ1n) is 7.57. The molecule has 7 nitrogen and oxygen atoms in total. The lowest BCUT2D eigenvalue weighted by Crippen LogP contribution is -2.36. The summed E-state index contributed by atoms with van der Waals surface area (Å²) in [6, 6.07) is 5.46. The van der Waals surface area contributed by atoms with Crippen molar-refractivity contribution >= 4 is 11.9 Å². The van der Waals surface area contributed by atoms with E-state index in [0.717, 1.165) is 5.69 Å². The number of hydrogen-bond donors (Lipinski definition) is 1. The van der Waals surface area contributed by atoms with E-state index in [1.807, 2.05) is 26.0 Å². The Morgan fingerprint density at radius 1 is 1.30 bits per heavy atom. The lowest BCUT2D eigenvalue weighted by molar-refractivity contribution is -0.137. The molecule has 1 amide bonds. The maximum Gasteiger partial charge on any atom is 0.323 e. The molecule has 0 unspecified atom stereocenters. The van der Waals surface area contributed by atoms with E-state index in [-0.39, 0.29) is 12.5 Å². The van der Waals surface area contributed by atoms with Crippen LogP contribution in [0.4, 0.5) is 0 Å². The Kier molecular flexibility index (Phi) is 5.46. The predicted octanol–water partition coefficient (Wildman–Crippen LogP) is 1.77. The second-order valence-corrected chi connectivity index (χ2v) is 5.08. The zero-order valence-corrected chi connectivity index (χ0v) is 13.3. The van der Waals surface area contributed by atoms with Gasteiger partial charge in [0.2, 0.25) is 0 Å². The van der Waals surface area contributed by atoms with E-state index in [9.17, 15) is 9.59 Å². The molecule has 7 heteroatoms. The molecule has 0 aliphatic rings. The summed E-state index contributed by atoms with van der Waals surface area (Å²) >= 11 is 0. The van der Waals surface area contributed by atoms with Crippen molar-refractivity contribution in [1.29, 1.82) is 0 Å². The number of hydrogen-bond acceptors (Lipinski definition) is 4. The SMILES string of the molecule is CCCN(CC(=O)O)C(=O)c1cnn(-c2ccccn2)c1CC. The molecule has 0 radical (unpaired) electrons. The van der Waals surface area contributed by atoms with E-state index >= 15 is 0 Å². The normalized spacial score (nSPS) is 10.5. The number of carboxylic acid groups (broad SMARTS) is 1. The maximum atomic E-state index is 12.7. The minimum Gasteiger partial charge on any atom is -0.480 e. The third-order valence-corrected chi connectivity index (χ3v) is 3.41. The summed E-state index contributed by atoms with van der Waals surface area (Å²) in [4.78, 5) is 29.2. The zero-order valence-electron chi connectivity index (χ0n) is 13.3. The Morgan fingerprint density at radius 2 is 2.09 bits per heavy atom. The molecule has 0 bridgehead atoms. The van der Waals surface area contributed by atoms with E-state index in [4.69, 9.17) is 5.11 Å². The number of carbonyl (C=O) groups excluding carboxylic acids is 1. The van der Waals surface area contributed by atoms with Crippen molar-refractivity contribution in [3.05, 3.63) is 41.9 Å². The number of carboxylic acids is 1. The highest BCUT2D eigenvalue weighted by Gasteiger charge is 2.23. The molecule has 2 heterocycles. The van der Waals surface area contributed by atoms with Gasteiger partial charge in [-0.05, 0) is 25.0 Å². The van der Waals surface area contributed by atoms with Crippen molar-refractivity contribution < 1.29 is 14.7 Å². The van der Waals surface area contributed by atoms with E-state index in [0.29, 0.717) is 30.8 Å². The molecule has 0 aliphatic carbocycles. The van der Waals surface area contributed by atoms with Gasteiger partial charge in [0.15, 0.2) is 5.82 Å². The second-order valence-electron chi connectivity index (χ2n) is 5.08. The highest BCUT2D eigenvalue weighted by molar-refractivity contribution is 5.96. The van der Waals surface area contributed by atoms with E-state index in [1.54, 1.807) is 16.9 Å². The minimum atomic E-state index is -1.03. The third kappa shape index (κ3) is 3.74. The number of pyridine rings is 1. The molecule has 1 N–H and O–H groups in total. The van der Waals surface area contributed by atoms with Gasteiger partial charge in [0.1, 0.15) is 6.54 Å². The van der Waals surface area contributed by atoms with E-state index in [2.05, 4.69) is 10.1 Å². The molecule has 2 aromatic heterocycles. The number of nitrogens with zero attached hydrogens (tertiary/aromatic N) is 4. The topological polar surface area (TPSA) is 88.3 Å². The quantitative estimate of drug-likeness (QED) is 0.841. The molecule has 2 aromatic rings. The molecular formula is C16H20N4O3. The summed E-state index contributed by atoms with van der Waals surface area (Å²) in [5, 5.41) is 13.3. The number of carbonyl (C=O) groups is 2. The van der Waals surface area contributed by atoms with Gasteiger partial charge in [-0.3, -0.25) is 9.59 Å². The molecule has 0 atom stereocenters. The van der Waals surface area contributed by atoms with Crippen LogP contribution in [0.15, 0.2) is 30.6 Å². The van der Waals surface area contributed by atoms with Crippen molar-refractivity contribution in [3.63, 3.8) is 0 Å². The summed E-state index contributed by atoms with van der Waals surface area (Å²) in [7, 11) is 0. The van der Waals surface area contributed by atoms with Gasteiger partial charge in [0.25, 0.3) is 5.91 Å². The molecule has 2 rings (SSSR count). The van der Waals surface area contributed by atoms with Crippen LogP contribution in [0, 0.1) is 0 Å². The van der Waals surface area contributed by atoms with Crippen LogP contribution in [0.1, 0.15) is 36.3 Å². The Labute approximate surface area is 134 Å². The molecule has 0 saturated carbocycles. The molecule has 122 valence electrons. The zero-order chi connectivity index (χ0) is 16.8. The van der Waals surface area contributed by atoms with Crippen LogP contribution in [0.5, 0.6) is 0 Å².